The van der Waals surface area contributed by atoms with Crippen molar-refractivity contribution < 1.29 is 14.1 Å². The molecule has 0 saturated heterocycles. The third-order valence-corrected chi connectivity index (χ3v) is 5.94. The van der Waals surface area contributed by atoms with Gasteiger partial charge in [0.2, 0.25) is 6.23 Å². The lowest BCUT2D eigenvalue weighted by molar-refractivity contribution is -0.384. The van der Waals surface area contributed by atoms with Crippen molar-refractivity contribution in [3.63, 3.8) is 0 Å². The van der Waals surface area contributed by atoms with E-state index in [4.69, 9.17) is 33.0 Å². The minimum Gasteiger partial charge on any atom is -0.464 e. The van der Waals surface area contributed by atoms with Crippen LogP contribution in [0, 0.1) is 15.9 Å². The Labute approximate surface area is 186 Å². The molecule has 3 aromatic rings. The van der Waals surface area contributed by atoms with Crippen LogP contribution >= 0.6 is 23.2 Å². The van der Waals surface area contributed by atoms with Gasteiger partial charge in [-0.2, -0.15) is 5.10 Å². The van der Waals surface area contributed by atoms with Crippen LogP contribution in [0.15, 0.2) is 65.8 Å². The lowest BCUT2D eigenvalue weighted by Gasteiger charge is -2.38. The molecule has 0 bridgehead atoms. The highest BCUT2D eigenvalue weighted by Gasteiger charge is 2.41. The largest absolute Gasteiger partial charge is 0.464 e. The molecule has 5 rings (SSSR count). The first kappa shape index (κ1) is 19.8. The number of hydrogen-bond acceptors (Lipinski definition) is 5. The Morgan fingerprint density at radius 1 is 1.10 bits per heavy atom. The number of halogens is 3. The molecule has 0 radical (unpaired) electrons. The second-order valence-corrected chi connectivity index (χ2v) is 8.12. The standard InChI is InChI=1S/C22H14Cl2FN3O3/c23-14-4-8-21-16(10-14)19-11-18(12-1-5-15(25)6-2-12)26-27(19)22(31-21)13-3-7-17(24)20(9-13)28(29)30/h1-10,19,22H,11H2/t19-,22-/m0/s1. The molecule has 0 saturated carbocycles. The Morgan fingerprint density at radius 2 is 1.87 bits per heavy atom. The first-order valence-electron chi connectivity index (χ1n) is 9.42. The smallest absolute Gasteiger partial charge is 0.288 e. The summed E-state index contributed by atoms with van der Waals surface area (Å²) in [5, 5.41) is 18.5. The minimum atomic E-state index is -0.701. The lowest BCUT2D eigenvalue weighted by atomic mass is 9.96. The molecular formula is C22H14Cl2FN3O3. The summed E-state index contributed by atoms with van der Waals surface area (Å²) in [6, 6.07) is 15.8. The zero-order valence-corrected chi connectivity index (χ0v) is 17.3. The first-order chi connectivity index (χ1) is 14.9. The number of nitro groups is 1. The van der Waals surface area contributed by atoms with Crippen LogP contribution in [0.3, 0.4) is 0 Å². The van der Waals surface area contributed by atoms with Gasteiger partial charge in [0, 0.05) is 28.6 Å². The van der Waals surface area contributed by atoms with E-state index in [0.717, 1.165) is 16.8 Å². The molecule has 2 aliphatic heterocycles. The van der Waals surface area contributed by atoms with E-state index >= 15 is 0 Å². The van der Waals surface area contributed by atoms with Crippen LogP contribution in [-0.2, 0) is 0 Å². The molecule has 2 atom stereocenters. The average Bonchev–Trinajstić information content (AvgIpc) is 3.20. The van der Waals surface area contributed by atoms with Crippen LogP contribution in [0.25, 0.3) is 0 Å². The fraction of sp³-hybridized carbons (Fsp3) is 0.136. The number of fused-ring (bicyclic) bond motifs is 3. The number of nitro benzene ring substituents is 1. The third kappa shape index (κ3) is 3.49. The second kappa shape index (κ2) is 7.51. The van der Waals surface area contributed by atoms with Crippen LogP contribution in [-0.4, -0.2) is 15.6 Å². The third-order valence-electron chi connectivity index (χ3n) is 5.38. The number of rotatable bonds is 3. The van der Waals surface area contributed by atoms with E-state index in [9.17, 15) is 14.5 Å². The Bertz CT molecular complexity index is 1230. The van der Waals surface area contributed by atoms with Crippen molar-refractivity contribution in [1.82, 2.24) is 5.01 Å². The van der Waals surface area contributed by atoms with Crippen LogP contribution < -0.4 is 4.74 Å². The number of ether oxygens (including phenoxy) is 1. The van der Waals surface area contributed by atoms with Crippen LogP contribution in [0.4, 0.5) is 10.1 Å². The van der Waals surface area contributed by atoms with Gasteiger partial charge in [-0.3, -0.25) is 10.1 Å². The normalized spacial score (nSPS) is 19.3. The predicted molar refractivity (Wildman–Crippen MR) is 115 cm³/mol. The van der Waals surface area contributed by atoms with Crippen LogP contribution in [0.2, 0.25) is 10.0 Å². The van der Waals surface area contributed by atoms with E-state index in [1.807, 2.05) is 6.07 Å². The SMILES string of the molecule is O=[N+]([O-])c1cc([C@@H]2Oc3ccc(Cl)cc3[C@@H]3CC(c4ccc(F)cc4)=NN32)ccc1Cl. The van der Waals surface area contributed by atoms with E-state index in [-0.39, 0.29) is 22.6 Å². The first-order valence-corrected chi connectivity index (χ1v) is 10.2. The van der Waals surface area contributed by atoms with Gasteiger partial charge in [0.1, 0.15) is 16.6 Å². The van der Waals surface area contributed by atoms with Crippen molar-refractivity contribution in [3.05, 3.63) is 103 Å². The number of hydrazone groups is 1. The molecule has 0 spiro atoms. The van der Waals surface area contributed by atoms with Gasteiger partial charge in [-0.25, -0.2) is 9.40 Å². The van der Waals surface area contributed by atoms with Gasteiger partial charge in [-0.15, -0.1) is 0 Å². The van der Waals surface area contributed by atoms with Gasteiger partial charge in [0.25, 0.3) is 5.69 Å². The minimum absolute atomic E-state index is 0.0465. The highest BCUT2D eigenvalue weighted by atomic mass is 35.5. The average molecular weight is 458 g/mol. The Hall–Kier alpha value is -3.16. The van der Waals surface area contributed by atoms with E-state index in [1.54, 1.807) is 35.3 Å². The van der Waals surface area contributed by atoms with Gasteiger partial charge >= 0.3 is 0 Å². The zero-order chi connectivity index (χ0) is 21.7. The van der Waals surface area contributed by atoms with Crippen molar-refractivity contribution in [2.75, 3.05) is 0 Å². The van der Waals surface area contributed by atoms with Gasteiger partial charge in [-0.05, 0) is 42.0 Å². The van der Waals surface area contributed by atoms with Gasteiger partial charge in [-0.1, -0.05) is 41.4 Å². The maximum atomic E-state index is 13.4. The van der Waals surface area contributed by atoms with Crippen molar-refractivity contribution in [2.45, 2.75) is 18.7 Å². The molecule has 0 amide bonds. The number of hydrogen-bond donors (Lipinski definition) is 0. The summed E-state index contributed by atoms with van der Waals surface area (Å²) in [5.74, 6) is 0.302. The van der Waals surface area contributed by atoms with E-state index in [1.165, 1.54) is 24.3 Å². The molecule has 0 unspecified atom stereocenters. The zero-order valence-electron chi connectivity index (χ0n) is 15.8. The quantitative estimate of drug-likeness (QED) is 0.342. The fourth-order valence-electron chi connectivity index (χ4n) is 3.92. The maximum absolute atomic E-state index is 13.4. The Morgan fingerprint density at radius 3 is 2.61 bits per heavy atom. The molecule has 2 heterocycles. The molecule has 3 aromatic carbocycles. The van der Waals surface area contributed by atoms with Crippen LogP contribution in [0.1, 0.15) is 35.4 Å². The summed E-state index contributed by atoms with van der Waals surface area (Å²) in [6.45, 7) is 0. The van der Waals surface area contributed by atoms with Crippen molar-refractivity contribution in [1.29, 1.82) is 0 Å². The molecule has 0 aromatic heterocycles. The van der Waals surface area contributed by atoms with E-state index in [0.29, 0.717) is 22.8 Å². The summed E-state index contributed by atoms with van der Waals surface area (Å²) in [7, 11) is 0. The Balaban J connectivity index is 1.61. The van der Waals surface area contributed by atoms with Crippen molar-refractivity contribution in [2.24, 2.45) is 5.10 Å². The second-order valence-electron chi connectivity index (χ2n) is 7.27. The van der Waals surface area contributed by atoms with Gasteiger partial charge in [0.15, 0.2) is 0 Å². The summed E-state index contributed by atoms with van der Waals surface area (Å²) < 4.78 is 19.6. The highest BCUT2D eigenvalue weighted by Crippen LogP contribution is 2.48. The molecule has 0 fully saturated rings. The van der Waals surface area contributed by atoms with Crippen molar-refractivity contribution >= 4 is 34.6 Å². The van der Waals surface area contributed by atoms with Crippen molar-refractivity contribution in [3.8, 4) is 5.75 Å². The molecular weight excluding hydrogens is 444 g/mol. The molecule has 2 aliphatic rings. The number of benzene rings is 3. The van der Waals surface area contributed by atoms with Gasteiger partial charge < -0.3 is 4.74 Å². The predicted octanol–water partition coefficient (Wildman–Crippen LogP) is 6.28. The maximum Gasteiger partial charge on any atom is 0.288 e. The Kier molecular flexibility index (Phi) is 4.79. The summed E-state index contributed by atoms with van der Waals surface area (Å²) >= 11 is 12.2. The summed E-state index contributed by atoms with van der Waals surface area (Å²) in [5.41, 5.74) is 2.76. The molecule has 156 valence electrons. The molecule has 6 nitrogen and oxygen atoms in total. The molecule has 0 aliphatic carbocycles. The summed E-state index contributed by atoms with van der Waals surface area (Å²) in [4.78, 5) is 10.8. The molecule has 0 N–H and O–H groups in total. The topological polar surface area (TPSA) is 68.0 Å². The van der Waals surface area contributed by atoms with E-state index < -0.39 is 11.2 Å². The summed E-state index contributed by atoms with van der Waals surface area (Å²) in [6.07, 6.45) is -0.151. The fourth-order valence-corrected chi connectivity index (χ4v) is 4.29. The highest BCUT2D eigenvalue weighted by molar-refractivity contribution is 6.32. The molecule has 9 heteroatoms. The van der Waals surface area contributed by atoms with Crippen LogP contribution in [0.5, 0.6) is 5.75 Å². The van der Waals surface area contributed by atoms with Gasteiger partial charge in [0.05, 0.1) is 16.7 Å². The van der Waals surface area contributed by atoms with E-state index in [2.05, 4.69) is 0 Å². The lowest BCUT2D eigenvalue weighted by Crippen LogP contribution is -2.33. The monoisotopic (exact) mass is 457 g/mol. The number of nitrogens with zero attached hydrogens (tertiary/aromatic N) is 3. The molecule has 31 heavy (non-hydrogen) atoms.